The number of nitrogens with zero attached hydrogens (tertiary/aromatic N) is 6. The minimum absolute atomic E-state index is 0.221. The van der Waals surface area contributed by atoms with Gasteiger partial charge < -0.3 is 20.3 Å². The van der Waals surface area contributed by atoms with Crippen molar-refractivity contribution in [3.05, 3.63) is 59.3 Å². The lowest BCUT2D eigenvalue weighted by molar-refractivity contribution is 0.0983. The van der Waals surface area contributed by atoms with Gasteiger partial charge in [0.2, 0.25) is 0 Å². The first kappa shape index (κ1) is 25.0. The molecule has 2 N–H and O–H groups in total. The molecular weight excluding hydrogens is 468 g/mol. The molecule has 1 unspecified atom stereocenters. The Hall–Kier alpha value is -3.63. The molecule has 0 bridgehead atoms. The van der Waals surface area contributed by atoms with E-state index < -0.39 is 0 Å². The van der Waals surface area contributed by atoms with E-state index in [4.69, 9.17) is 14.7 Å². The van der Waals surface area contributed by atoms with E-state index in [0.29, 0.717) is 38.7 Å². The van der Waals surface area contributed by atoms with Gasteiger partial charge in [-0.2, -0.15) is 0 Å². The van der Waals surface area contributed by atoms with E-state index in [2.05, 4.69) is 37.3 Å². The minimum Gasteiger partial charge on any atom is -0.377 e. The average Bonchev–Trinajstić information content (AvgIpc) is 2.89. The Balaban J connectivity index is 1.45. The number of benzene rings is 1. The fraction of sp³-hybridized carbons (Fsp3) is 0.444. The summed E-state index contributed by atoms with van der Waals surface area (Å²) in [6, 6.07) is 9.61. The van der Waals surface area contributed by atoms with E-state index in [0.717, 1.165) is 53.8 Å². The Labute approximate surface area is 217 Å². The Kier molecular flexibility index (Phi) is 7.57. The molecule has 1 fully saturated rings. The van der Waals surface area contributed by atoms with Crippen molar-refractivity contribution in [2.75, 3.05) is 43.1 Å². The van der Waals surface area contributed by atoms with Crippen LogP contribution in [0.1, 0.15) is 36.6 Å². The predicted molar refractivity (Wildman–Crippen MR) is 142 cm³/mol. The van der Waals surface area contributed by atoms with Crippen LogP contribution in [0.15, 0.2) is 36.5 Å². The van der Waals surface area contributed by atoms with Crippen molar-refractivity contribution >= 4 is 17.5 Å². The van der Waals surface area contributed by atoms with Gasteiger partial charge in [0.1, 0.15) is 11.6 Å². The SMILES string of the molecule is CCNC(=O)Nc1ccc(-c2nc3c(c(N4CCOCC4C)n2)CCN(Cc2nccc(C)n2)C3)cc1. The van der Waals surface area contributed by atoms with Crippen molar-refractivity contribution in [1.82, 2.24) is 30.2 Å². The van der Waals surface area contributed by atoms with Crippen LogP contribution in [0.3, 0.4) is 0 Å². The highest BCUT2D eigenvalue weighted by atomic mass is 16.5. The van der Waals surface area contributed by atoms with E-state index in [1.807, 2.05) is 50.4 Å². The average molecular weight is 503 g/mol. The summed E-state index contributed by atoms with van der Waals surface area (Å²) in [5.74, 6) is 2.52. The zero-order valence-electron chi connectivity index (χ0n) is 21.7. The Morgan fingerprint density at radius 1 is 1.14 bits per heavy atom. The summed E-state index contributed by atoms with van der Waals surface area (Å²) in [4.78, 5) is 35.8. The number of hydrogen-bond donors (Lipinski definition) is 2. The zero-order chi connectivity index (χ0) is 25.8. The van der Waals surface area contributed by atoms with Gasteiger partial charge in [0.25, 0.3) is 0 Å². The smallest absolute Gasteiger partial charge is 0.319 e. The van der Waals surface area contributed by atoms with Crippen LogP contribution in [0.2, 0.25) is 0 Å². The van der Waals surface area contributed by atoms with E-state index in [1.165, 1.54) is 5.56 Å². The molecular formula is C27H34N8O2. The first-order valence-electron chi connectivity index (χ1n) is 12.9. The molecule has 1 atom stereocenters. The molecule has 0 saturated carbocycles. The number of carbonyl (C=O) groups excluding carboxylic acids is 1. The number of aromatic nitrogens is 4. The number of amides is 2. The molecule has 2 aromatic heterocycles. The number of aryl methyl sites for hydroxylation is 1. The molecule has 37 heavy (non-hydrogen) atoms. The zero-order valence-corrected chi connectivity index (χ0v) is 21.7. The Bertz CT molecular complexity index is 1250. The second-order valence-electron chi connectivity index (χ2n) is 9.55. The second kappa shape index (κ2) is 11.2. The lowest BCUT2D eigenvalue weighted by Crippen LogP contribution is -2.45. The van der Waals surface area contributed by atoms with Crippen LogP contribution in [-0.4, -0.2) is 69.8 Å². The largest absolute Gasteiger partial charge is 0.377 e. The van der Waals surface area contributed by atoms with Gasteiger partial charge in [0.15, 0.2) is 5.82 Å². The highest BCUT2D eigenvalue weighted by molar-refractivity contribution is 5.89. The third-order valence-electron chi connectivity index (χ3n) is 6.71. The molecule has 4 heterocycles. The Morgan fingerprint density at radius 3 is 2.73 bits per heavy atom. The van der Waals surface area contributed by atoms with E-state index in [9.17, 15) is 4.79 Å². The number of rotatable bonds is 6. The lowest BCUT2D eigenvalue weighted by atomic mass is 10.0. The molecule has 1 aromatic carbocycles. The first-order valence-corrected chi connectivity index (χ1v) is 12.9. The molecule has 0 spiro atoms. The van der Waals surface area contributed by atoms with Crippen molar-refractivity contribution in [1.29, 1.82) is 0 Å². The topological polar surface area (TPSA) is 108 Å². The first-order chi connectivity index (χ1) is 18.0. The number of carbonyl (C=O) groups is 1. The van der Waals surface area contributed by atoms with E-state index in [1.54, 1.807) is 0 Å². The monoisotopic (exact) mass is 502 g/mol. The van der Waals surface area contributed by atoms with Crippen molar-refractivity contribution in [2.24, 2.45) is 0 Å². The molecule has 0 aliphatic carbocycles. The van der Waals surface area contributed by atoms with Crippen LogP contribution in [0.4, 0.5) is 16.3 Å². The quantitative estimate of drug-likeness (QED) is 0.529. The number of urea groups is 1. The summed E-state index contributed by atoms with van der Waals surface area (Å²) in [7, 11) is 0. The van der Waals surface area contributed by atoms with Gasteiger partial charge in [-0.25, -0.2) is 24.7 Å². The van der Waals surface area contributed by atoms with Crippen LogP contribution in [-0.2, 0) is 24.2 Å². The van der Waals surface area contributed by atoms with E-state index in [-0.39, 0.29) is 12.1 Å². The van der Waals surface area contributed by atoms with Gasteiger partial charge in [0, 0.05) is 54.9 Å². The molecule has 10 heteroatoms. The minimum atomic E-state index is -0.221. The van der Waals surface area contributed by atoms with Crippen LogP contribution < -0.4 is 15.5 Å². The summed E-state index contributed by atoms with van der Waals surface area (Å²) in [5, 5.41) is 5.58. The molecule has 10 nitrogen and oxygen atoms in total. The summed E-state index contributed by atoms with van der Waals surface area (Å²) >= 11 is 0. The molecule has 194 valence electrons. The molecule has 5 rings (SSSR count). The maximum Gasteiger partial charge on any atom is 0.319 e. The van der Waals surface area contributed by atoms with Crippen molar-refractivity contribution in [2.45, 2.75) is 46.3 Å². The van der Waals surface area contributed by atoms with E-state index >= 15 is 0 Å². The number of anilines is 2. The fourth-order valence-corrected chi connectivity index (χ4v) is 4.82. The number of ether oxygens (including phenoxy) is 1. The highest BCUT2D eigenvalue weighted by Crippen LogP contribution is 2.32. The number of fused-ring (bicyclic) bond motifs is 1. The predicted octanol–water partition coefficient (Wildman–Crippen LogP) is 3.17. The highest BCUT2D eigenvalue weighted by Gasteiger charge is 2.29. The summed E-state index contributed by atoms with van der Waals surface area (Å²) in [5.41, 5.74) is 4.86. The molecule has 2 amide bonds. The van der Waals surface area contributed by atoms with Crippen molar-refractivity contribution in [3.8, 4) is 11.4 Å². The van der Waals surface area contributed by atoms with Crippen molar-refractivity contribution < 1.29 is 9.53 Å². The van der Waals surface area contributed by atoms with Gasteiger partial charge in [0.05, 0.1) is 31.5 Å². The third-order valence-corrected chi connectivity index (χ3v) is 6.71. The molecule has 0 radical (unpaired) electrons. The van der Waals surface area contributed by atoms with Gasteiger partial charge in [-0.1, -0.05) is 0 Å². The van der Waals surface area contributed by atoms with Gasteiger partial charge in [-0.15, -0.1) is 0 Å². The Morgan fingerprint density at radius 2 is 1.97 bits per heavy atom. The molecule has 2 aliphatic heterocycles. The van der Waals surface area contributed by atoms with Gasteiger partial charge in [-0.05, 0) is 57.5 Å². The second-order valence-corrected chi connectivity index (χ2v) is 9.55. The normalized spacial score (nSPS) is 17.8. The van der Waals surface area contributed by atoms with Crippen LogP contribution in [0, 0.1) is 6.92 Å². The third kappa shape index (κ3) is 5.86. The van der Waals surface area contributed by atoms with Crippen LogP contribution in [0.25, 0.3) is 11.4 Å². The maximum atomic E-state index is 11.9. The molecule has 2 aliphatic rings. The maximum absolute atomic E-state index is 11.9. The van der Waals surface area contributed by atoms with Gasteiger partial charge in [-0.3, -0.25) is 4.90 Å². The van der Waals surface area contributed by atoms with Crippen LogP contribution in [0.5, 0.6) is 0 Å². The van der Waals surface area contributed by atoms with Crippen molar-refractivity contribution in [3.63, 3.8) is 0 Å². The summed E-state index contributed by atoms with van der Waals surface area (Å²) < 4.78 is 5.70. The lowest BCUT2D eigenvalue weighted by Gasteiger charge is -2.37. The molecule has 1 saturated heterocycles. The number of morpholine rings is 1. The summed E-state index contributed by atoms with van der Waals surface area (Å²) in [6.07, 6.45) is 2.69. The van der Waals surface area contributed by atoms with Crippen LogP contribution >= 0.6 is 0 Å². The standard InChI is InChI=1S/C27H34N8O2/c1-4-28-27(36)31-21-7-5-20(6-8-21)25-32-23-15-34(16-24-29-11-9-18(2)30-24)12-10-22(23)26(33-25)35-13-14-37-17-19(35)3/h5-9,11,19H,4,10,12-17H2,1-3H3,(H2,28,31,36). The number of nitrogens with one attached hydrogen (secondary N) is 2. The van der Waals surface area contributed by atoms with Gasteiger partial charge >= 0.3 is 6.03 Å². The summed E-state index contributed by atoms with van der Waals surface area (Å²) in [6.45, 7) is 11.1. The fourth-order valence-electron chi connectivity index (χ4n) is 4.82. The number of hydrogen-bond acceptors (Lipinski definition) is 8. The molecule has 3 aromatic rings.